The van der Waals surface area contributed by atoms with Crippen LogP contribution in [0.25, 0.3) is 0 Å². The Hall–Kier alpha value is -2.74. The molecule has 2 unspecified atom stereocenters. The maximum atomic E-state index is 5.92. The second-order valence-corrected chi connectivity index (χ2v) is 7.27. The average Bonchev–Trinajstić information content (AvgIpc) is 2.62. The van der Waals surface area contributed by atoms with Gasteiger partial charge in [0.25, 0.3) is 0 Å². The first-order chi connectivity index (χ1) is 12.5. The van der Waals surface area contributed by atoms with Gasteiger partial charge < -0.3 is 11.5 Å². The number of anilines is 2. The minimum atomic E-state index is 0.351. The molecule has 0 bridgehead atoms. The second kappa shape index (κ2) is 8.09. The first kappa shape index (κ1) is 18.1. The molecule has 2 aromatic rings. The zero-order valence-corrected chi connectivity index (χ0v) is 15.7. The SMILES string of the molecule is CC(C=C1C=CCC(=CC(C)c2cccc(N)c2)C1)c1cccc(N)c1. The molecule has 26 heavy (non-hydrogen) atoms. The summed E-state index contributed by atoms with van der Waals surface area (Å²) in [6, 6.07) is 16.3. The first-order valence-corrected chi connectivity index (χ1v) is 9.29. The number of hydrogen-bond donors (Lipinski definition) is 2. The first-order valence-electron chi connectivity index (χ1n) is 9.29. The van der Waals surface area contributed by atoms with Crippen molar-refractivity contribution in [1.29, 1.82) is 0 Å². The smallest absolute Gasteiger partial charge is 0.0316 e. The van der Waals surface area contributed by atoms with Gasteiger partial charge in [0.2, 0.25) is 0 Å². The molecule has 0 aliphatic heterocycles. The van der Waals surface area contributed by atoms with Crippen molar-refractivity contribution in [1.82, 2.24) is 0 Å². The highest BCUT2D eigenvalue weighted by atomic mass is 14.5. The lowest BCUT2D eigenvalue weighted by Crippen LogP contribution is -1.99. The van der Waals surface area contributed by atoms with Crippen LogP contribution in [0, 0.1) is 0 Å². The molecule has 0 spiro atoms. The van der Waals surface area contributed by atoms with E-state index in [2.05, 4.69) is 62.4 Å². The van der Waals surface area contributed by atoms with Crippen LogP contribution in [0.1, 0.15) is 49.7 Å². The minimum Gasteiger partial charge on any atom is -0.399 e. The molecular weight excluding hydrogens is 316 g/mol. The van der Waals surface area contributed by atoms with Gasteiger partial charge in [-0.25, -0.2) is 0 Å². The monoisotopic (exact) mass is 344 g/mol. The van der Waals surface area contributed by atoms with Crippen molar-refractivity contribution in [3.05, 3.63) is 95.1 Å². The topological polar surface area (TPSA) is 52.0 Å². The summed E-state index contributed by atoms with van der Waals surface area (Å²) in [4.78, 5) is 0. The van der Waals surface area contributed by atoms with E-state index in [0.717, 1.165) is 24.2 Å². The highest BCUT2D eigenvalue weighted by Crippen LogP contribution is 2.30. The van der Waals surface area contributed by atoms with Crippen molar-refractivity contribution in [2.45, 2.75) is 38.5 Å². The molecule has 3 rings (SSSR count). The van der Waals surface area contributed by atoms with Gasteiger partial charge in [0.15, 0.2) is 0 Å². The Labute approximate surface area is 156 Å². The van der Waals surface area contributed by atoms with E-state index in [1.807, 2.05) is 24.3 Å². The predicted octanol–water partition coefficient (Wildman–Crippen LogP) is 5.96. The van der Waals surface area contributed by atoms with Gasteiger partial charge in [0.05, 0.1) is 0 Å². The van der Waals surface area contributed by atoms with Crippen LogP contribution >= 0.6 is 0 Å². The summed E-state index contributed by atoms with van der Waals surface area (Å²) in [7, 11) is 0. The van der Waals surface area contributed by atoms with Gasteiger partial charge in [-0.15, -0.1) is 0 Å². The number of hydrogen-bond acceptors (Lipinski definition) is 2. The molecule has 1 aliphatic carbocycles. The van der Waals surface area contributed by atoms with Crippen LogP contribution < -0.4 is 11.5 Å². The summed E-state index contributed by atoms with van der Waals surface area (Å²) in [6.07, 6.45) is 11.3. The quantitative estimate of drug-likeness (QED) is 0.531. The Bertz CT molecular complexity index is 858. The maximum absolute atomic E-state index is 5.92. The zero-order valence-electron chi connectivity index (χ0n) is 15.7. The van der Waals surface area contributed by atoms with Crippen molar-refractivity contribution >= 4 is 11.4 Å². The van der Waals surface area contributed by atoms with Crippen LogP contribution in [0.5, 0.6) is 0 Å². The summed E-state index contributed by atoms with van der Waals surface area (Å²) in [6.45, 7) is 4.46. The largest absolute Gasteiger partial charge is 0.399 e. The van der Waals surface area contributed by atoms with E-state index in [9.17, 15) is 0 Å². The summed E-state index contributed by atoms with van der Waals surface area (Å²) in [5.41, 5.74) is 18.9. The molecule has 0 aromatic heterocycles. The third kappa shape index (κ3) is 4.66. The molecule has 0 amide bonds. The number of nitrogens with two attached hydrogens (primary N) is 2. The van der Waals surface area contributed by atoms with Crippen LogP contribution in [-0.2, 0) is 0 Å². The van der Waals surface area contributed by atoms with Crippen LogP contribution in [0.2, 0.25) is 0 Å². The number of nitrogen functional groups attached to an aromatic ring is 2. The van der Waals surface area contributed by atoms with E-state index in [1.165, 1.54) is 22.3 Å². The van der Waals surface area contributed by atoms with E-state index in [-0.39, 0.29) is 0 Å². The molecule has 134 valence electrons. The van der Waals surface area contributed by atoms with Crippen molar-refractivity contribution < 1.29 is 0 Å². The van der Waals surface area contributed by atoms with Crippen molar-refractivity contribution in [2.75, 3.05) is 11.5 Å². The highest BCUT2D eigenvalue weighted by molar-refractivity contribution is 5.45. The van der Waals surface area contributed by atoms with Crippen molar-refractivity contribution in [2.24, 2.45) is 0 Å². The summed E-state index contributed by atoms with van der Waals surface area (Å²) in [5, 5.41) is 0. The molecule has 2 heteroatoms. The summed E-state index contributed by atoms with van der Waals surface area (Å²) < 4.78 is 0. The molecule has 0 heterocycles. The van der Waals surface area contributed by atoms with Crippen LogP contribution in [-0.4, -0.2) is 0 Å². The van der Waals surface area contributed by atoms with Gasteiger partial charge >= 0.3 is 0 Å². The standard InChI is InChI=1S/C24H28N2/c1-17(21-8-4-10-23(25)15-21)12-19-6-3-7-20(14-19)13-18(2)22-9-5-11-24(26)16-22/h3-6,8-13,15-18H,7,14,25-26H2,1-2H3. The Morgan fingerprint density at radius 1 is 0.846 bits per heavy atom. The lowest BCUT2D eigenvalue weighted by Gasteiger charge is -2.17. The molecule has 2 aromatic carbocycles. The van der Waals surface area contributed by atoms with E-state index < -0.39 is 0 Å². The normalized spacial score (nSPS) is 19.6. The Morgan fingerprint density at radius 2 is 1.42 bits per heavy atom. The second-order valence-electron chi connectivity index (χ2n) is 7.27. The number of allylic oxidation sites excluding steroid dienone is 6. The van der Waals surface area contributed by atoms with E-state index in [1.54, 1.807) is 0 Å². The molecule has 2 nitrogen and oxygen atoms in total. The van der Waals surface area contributed by atoms with Crippen LogP contribution in [0.15, 0.2) is 84.0 Å². The molecule has 0 fully saturated rings. The fourth-order valence-electron chi connectivity index (χ4n) is 3.55. The molecule has 0 radical (unpaired) electrons. The fraction of sp³-hybridized carbons (Fsp3) is 0.250. The van der Waals surface area contributed by atoms with Crippen LogP contribution in [0.4, 0.5) is 11.4 Å². The predicted molar refractivity (Wildman–Crippen MR) is 113 cm³/mol. The molecule has 4 N–H and O–H groups in total. The van der Waals surface area contributed by atoms with E-state index in [0.29, 0.717) is 11.8 Å². The molecule has 1 aliphatic rings. The Balaban J connectivity index is 1.74. The molecular formula is C24H28N2. The third-order valence-corrected chi connectivity index (χ3v) is 4.97. The van der Waals surface area contributed by atoms with Gasteiger partial charge in [-0.1, -0.05) is 68.0 Å². The lowest BCUT2D eigenvalue weighted by molar-refractivity contribution is 0.900. The molecule has 0 saturated heterocycles. The van der Waals surface area contributed by atoms with Crippen LogP contribution in [0.3, 0.4) is 0 Å². The van der Waals surface area contributed by atoms with Gasteiger partial charge in [-0.05, 0) is 65.6 Å². The third-order valence-electron chi connectivity index (χ3n) is 4.97. The van der Waals surface area contributed by atoms with Gasteiger partial charge in [0.1, 0.15) is 0 Å². The van der Waals surface area contributed by atoms with Crippen molar-refractivity contribution in [3.8, 4) is 0 Å². The molecule has 2 atom stereocenters. The maximum Gasteiger partial charge on any atom is 0.0316 e. The average molecular weight is 345 g/mol. The van der Waals surface area contributed by atoms with E-state index >= 15 is 0 Å². The van der Waals surface area contributed by atoms with Crippen molar-refractivity contribution in [3.63, 3.8) is 0 Å². The van der Waals surface area contributed by atoms with E-state index in [4.69, 9.17) is 11.5 Å². The minimum absolute atomic E-state index is 0.351. The zero-order chi connectivity index (χ0) is 18.5. The number of rotatable bonds is 4. The highest BCUT2D eigenvalue weighted by Gasteiger charge is 2.11. The lowest BCUT2D eigenvalue weighted by atomic mass is 9.88. The fourth-order valence-corrected chi connectivity index (χ4v) is 3.55. The summed E-state index contributed by atoms with van der Waals surface area (Å²) in [5.74, 6) is 0.719. The number of benzene rings is 2. The Kier molecular flexibility index (Phi) is 5.62. The van der Waals surface area contributed by atoms with Gasteiger partial charge in [0, 0.05) is 11.4 Å². The van der Waals surface area contributed by atoms with Gasteiger partial charge in [-0.3, -0.25) is 0 Å². The summed E-state index contributed by atoms with van der Waals surface area (Å²) >= 11 is 0. The van der Waals surface area contributed by atoms with Gasteiger partial charge in [-0.2, -0.15) is 0 Å². The Morgan fingerprint density at radius 3 is 2.00 bits per heavy atom. The molecule has 0 saturated carbocycles.